The van der Waals surface area contributed by atoms with E-state index in [0.29, 0.717) is 5.56 Å². The zero-order valence-corrected chi connectivity index (χ0v) is 8.33. The maximum Gasteiger partial charge on any atom is 0.221 e. The second kappa shape index (κ2) is 4.86. The Morgan fingerprint density at radius 1 is 1.67 bits per heavy atom. The fraction of sp³-hybridized carbons (Fsp3) is 0.300. The third kappa shape index (κ3) is 3.00. The Labute approximate surface area is 86.9 Å². The minimum Gasteiger partial charge on any atom is -0.387 e. The molecule has 0 aliphatic rings. The number of amides is 1. The normalized spacial score (nSPS) is 12.3. The van der Waals surface area contributed by atoms with Crippen LogP contribution in [0.15, 0.2) is 18.2 Å². The summed E-state index contributed by atoms with van der Waals surface area (Å²) >= 11 is 0. The van der Waals surface area contributed by atoms with E-state index in [2.05, 4.69) is 5.32 Å². The number of aliphatic hydroxyl groups is 1. The number of aliphatic hydroxyl groups excluding tert-OH is 1. The molecule has 82 valence electrons. The Morgan fingerprint density at radius 3 is 2.87 bits per heavy atom. The molecule has 0 aromatic heterocycles. The van der Waals surface area contributed by atoms with Crippen molar-refractivity contribution in [1.82, 2.24) is 0 Å². The number of rotatable bonds is 3. The van der Waals surface area contributed by atoms with Gasteiger partial charge < -0.3 is 16.2 Å². The van der Waals surface area contributed by atoms with Crippen LogP contribution in [0.25, 0.3) is 0 Å². The van der Waals surface area contributed by atoms with Gasteiger partial charge in [0.05, 0.1) is 6.10 Å². The lowest BCUT2D eigenvalue weighted by molar-refractivity contribution is -0.114. The molecule has 0 aliphatic carbocycles. The molecule has 0 aliphatic heterocycles. The van der Waals surface area contributed by atoms with E-state index < -0.39 is 11.9 Å². The van der Waals surface area contributed by atoms with Crippen molar-refractivity contribution in [3.8, 4) is 0 Å². The largest absolute Gasteiger partial charge is 0.387 e. The molecule has 4 nitrogen and oxygen atoms in total. The Hall–Kier alpha value is -1.46. The van der Waals surface area contributed by atoms with Gasteiger partial charge in [-0.3, -0.25) is 4.79 Å². The molecule has 1 rings (SSSR count). The number of nitrogens with two attached hydrogens (primary N) is 1. The first-order chi connectivity index (χ1) is 7.04. The maximum atomic E-state index is 12.9. The standard InChI is InChI=1S/C10H13FN2O2/c1-6(14)13-9-4-7(11)2-3-8(9)10(15)5-12/h2-4,10,15H,5,12H2,1H3,(H,13,14). The van der Waals surface area contributed by atoms with Crippen molar-refractivity contribution in [3.63, 3.8) is 0 Å². The van der Waals surface area contributed by atoms with Crippen molar-refractivity contribution in [2.45, 2.75) is 13.0 Å². The number of hydrogen-bond donors (Lipinski definition) is 3. The molecule has 1 amide bonds. The second-order valence-corrected chi connectivity index (χ2v) is 3.16. The minimum atomic E-state index is -0.910. The molecule has 15 heavy (non-hydrogen) atoms. The van der Waals surface area contributed by atoms with Crippen LogP contribution in [-0.2, 0) is 4.79 Å². The first kappa shape index (κ1) is 11.6. The fourth-order valence-corrected chi connectivity index (χ4v) is 1.24. The molecule has 0 saturated heterocycles. The maximum absolute atomic E-state index is 12.9. The fourth-order valence-electron chi connectivity index (χ4n) is 1.24. The minimum absolute atomic E-state index is 0.0121. The van der Waals surface area contributed by atoms with Crippen molar-refractivity contribution in [3.05, 3.63) is 29.6 Å². The van der Waals surface area contributed by atoms with Crippen molar-refractivity contribution in [2.75, 3.05) is 11.9 Å². The Morgan fingerprint density at radius 2 is 2.33 bits per heavy atom. The van der Waals surface area contributed by atoms with Gasteiger partial charge in [0.1, 0.15) is 5.82 Å². The summed E-state index contributed by atoms with van der Waals surface area (Å²) in [5.74, 6) is -0.808. The first-order valence-corrected chi connectivity index (χ1v) is 4.49. The SMILES string of the molecule is CC(=O)Nc1cc(F)ccc1C(O)CN. The number of anilines is 1. The van der Waals surface area contributed by atoms with Gasteiger partial charge in [0.2, 0.25) is 5.91 Å². The quantitative estimate of drug-likeness (QED) is 0.693. The summed E-state index contributed by atoms with van der Waals surface area (Å²) in [5.41, 5.74) is 5.95. The van der Waals surface area contributed by atoms with E-state index in [-0.39, 0.29) is 18.1 Å². The molecular weight excluding hydrogens is 199 g/mol. The molecular formula is C10H13FN2O2. The van der Waals surface area contributed by atoms with Gasteiger partial charge in [0, 0.05) is 24.7 Å². The Balaban J connectivity index is 3.08. The summed E-state index contributed by atoms with van der Waals surface area (Å²) in [5, 5.41) is 12.0. The summed E-state index contributed by atoms with van der Waals surface area (Å²) < 4.78 is 12.9. The van der Waals surface area contributed by atoms with Crippen LogP contribution in [0.2, 0.25) is 0 Å². The molecule has 1 unspecified atom stereocenters. The second-order valence-electron chi connectivity index (χ2n) is 3.16. The van der Waals surface area contributed by atoms with Crippen LogP contribution >= 0.6 is 0 Å². The number of carbonyl (C=O) groups excluding carboxylic acids is 1. The molecule has 0 saturated carbocycles. The van der Waals surface area contributed by atoms with Gasteiger partial charge >= 0.3 is 0 Å². The van der Waals surface area contributed by atoms with Crippen molar-refractivity contribution < 1.29 is 14.3 Å². The van der Waals surface area contributed by atoms with Crippen LogP contribution in [0.3, 0.4) is 0 Å². The van der Waals surface area contributed by atoms with Gasteiger partial charge in [-0.25, -0.2) is 4.39 Å². The molecule has 5 heteroatoms. The number of hydrogen-bond acceptors (Lipinski definition) is 3. The van der Waals surface area contributed by atoms with Crippen LogP contribution in [0.4, 0.5) is 10.1 Å². The average molecular weight is 212 g/mol. The summed E-state index contributed by atoms with van der Waals surface area (Å²) in [6, 6.07) is 3.76. The molecule has 1 aromatic carbocycles. The van der Waals surface area contributed by atoms with Crippen LogP contribution < -0.4 is 11.1 Å². The van der Waals surface area contributed by atoms with E-state index in [1.165, 1.54) is 19.1 Å². The highest BCUT2D eigenvalue weighted by Gasteiger charge is 2.12. The summed E-state index contributed by atoms with van der Waals surface area (Å²) in [4.78, 5) is 10.8. The third-order valence-electron chi connectivity index (χ3n) is 1.91. The molecule has 0 spiro atoms. The van der Waals surface area contributed by atoms with Gasteiger partial charge in [-0.1, -0.05) is 6.07 Å². The number of halogens is 1. The summed E-state index contributed by atoms with van der Waals surface area (Å²) in [6.07, 6.45) is -0.910. The lowest BCUT2D eigenvalue weighted by atomic mass is 10.1. The van der Waals surface area contributed by atoms with E-state index in [9.17, 15) is 14.3 Å². The topological polar surface area (TPSA) is 75.3 Å². The molecule has 0 radical (unpaired) electrons. The van der Waals surface area contributed by atoms with E-state index in [4.69, 9.17) is 5.73 Å². The van der Waals surface area contributed by atoms with E-state index >= 15 is 0 Å². The van der Waals surface area contributed by atoms with Gasteiger partial charge in [-0.2, -0.15) is 0 Å². The molecule has 0 heterocycles. The van der Waals surface area contributed by atoms with Crippen LogP contribution in [0.1, 0.15) is 18.6 Å². The highest BCUT2D eigenvalue weighted by Crippen LogP contribution is 2.23. The van der Waals surface area contributed by atoms with E-state index in [1.54, 1.807) is 0 Å². The predicted octanol–water partition coefficient (Wildman–Crippen LogP) is 0.776. The Kier molecular flexibility index (Phi) is 3.76. The van der Waals surface area contributed by atoms with E-state index in [1.807, 2.05) is 0 Å². The lowest BCUT2D eigenvalue weighted by Crippen LogP contribution is -2.15. The molecule has 0 fully saturated rings. The molecule has 1 aromatic rings. The smallest absolute Gasteiger partial charge is 0.221 e. The molecule has 1 atom stereocenters. The lowest BCUT2D eigenvalue weighted by Gasteiger charge is -2.14. The average Bonchev–Trinajstić information content (AvgIpc) is 2.16. The Bertz CT molecular complexity index is 368. The predicted molar refractivity (Wildman–Crippen MR) is 54.7 cm³/mol. The molecule has 0 bridgehead atoms. The zero-order valence-electron chi connectivity index (χ0n) is 8.33. The van der Waals surface area contributed by atoms with Crippen LogP contribution in [-0.4, -0.2) is 17.6 Å². The van der Waals surface area contributed by atoms with Gasteiger partial charge in [0.25, 0.3) is 0 Å². The highest BCUT2D eigenvalue weighted by molar-refractivity contribution is 5.89. The number of nitrogens with one attached hydrogen (secondary N) is 1. The van der Waals surface area contributed by atoms with Crippen molar-refractivity contribution in [2.24, 2.45) is 5.73 Å². The highest BCUT2D eigenvalue weighted by atomic mass is 19.1. The van der Waals surface area contributed by atoms with Crippen molar-refractivity contribution in [1.29, 1.82) is 0 Å². The summed E-state index contributed by atoms with van der Waals surface area (Å²) in [7, 11) is 0. The van der Waals surface area contributed by atoms with Gasteiger partial charge in [-0.15, -0.1) is 0 Å². The zero-order chi connectivity index (χ0) is 11.4. The monoisotopic (exact) mass is 212 g/mol. The number of carbonyl (C=O) groups is 1. The number of benzene rings is 1. The van der Waals surface area contributed by atoms with Gasteiger partial charge in [-0.05, 0) is 12.1 Å². The van der Waals surface area contributed by atoms with E-state index in [0.717, 1.165) is 6.07 Å². The van der Waals surface area contributed by atoms with Crippen LogP contribution in [0.5, 0.6) is 0 Å². The summed E-state index contributed by atoms with van der Waals surface area (Å²) in [6.45, 7) is 1.32. The van der Waals surface area contributed by atoms with Gasteiger partial charge in [0.15, 0.2) is 0 Å². The first-order valence-electron chi connectivity index (χ1n) is 4.49. The van der Waals surface area contributed by atoms with Crippen molar-refractivity contribution >= 4 is 11.6 Å². The van der Waals surface area contributed by atoms with Crippen LogP contribution in [0, 0.1) is 5.82 Å². The molecule has 4 N–H and O–H groups in total. The third-order valence-corrected chi connectivity index (χ3v) is 1.91.